The molecule has 0 aliphatic carbocycles. The standard InChI is InChI=1S/C24H22N2O3S/c1-4-29-23(28)20-16(3)25-24-26(21(20)18-12-10-15(2)11-13-18)22(27)19(30-24)14-17-8-6-5-7-9-17/h5-14,21H,4H2,1-3H3/t21-/m0/s1. The van der Waals surface area contributed by atoms with Gasteiger partial charge in [-0.25, -0.2) is 9.79 Å². The van der Waals surface area contributed by atoms with Crippen molar-refractivity contribution in [3.8, 4) is 0 Å². The Morgan fingerprint density at radius 3 is 2.50 bits per heavy atom. The highest BCUT2D eigenvalue weighted by Crippen LogP contribution is 2.30. The van der Waals surface area contributed by atoms with Crippen LogP contribution in [0.1, 0.15) is 36.6 Å². The van der Waals surface area contributed by atoms with Crippen LogP contribution in [0.5, 0.6) is 0 Å². The lowest BCUT2D eigenvalue weighted by Gasteiger charge is -2.24. The first-order valence-corrected chi connectivity index (χ1v) is 10.6. The van der Waals surface area contributed by atoms with Crippen LogP contribution in [-0.4, -0.2) is 17.1 Å². The van der Waals surface area contributed by atoms with Crippen molar-refractivity contribution in [1.29, 1.82) is 0 Å². The summed E-state index contributed by atoms with van der Waals surface area (Å²) in [5.41, 5.74) is 3.71. The van der Waals surface area contributed by atoms with Crippen LogP contribution in [-0.2, 0) is 9.53 Å². The van der Waals surface area contributed by atoms with E-state index in [1.54, 1.807) is 18.4 Å². The number of benzene rings is 2. The zero-order valence-corrected chi connectivity index (χ0v) is 17.9. The van der Waals surface area contributed by atoms with E-state index < -0.39 is 12.0 Å². The molecule has 30 heavy (non-hydrogen) atoms. The highest BCUT2D eigenvalue weighted by molar-refractivity contribution is 7.07. The number of nitrogens with zero attached hydrogens (tertiary/aromatic N) is 2. The third-order valence-electron chi connectivity index (χ3n) is 5.01. The lowest BCUT2D eigenvalue weighted by Crippen LogP contribution is -2.39. The summed E-state index contributed by atoms with van der Waals surface area (Å²) in [6.07, 6.45) is 1.86. The second-order valence-corrected chi connectivity index (χ2v) is 8.13. The topological polar surface area (TPSA) is 60.7 Å². The van der Waals surface area contributed by atoms with Gasteiger partial charge < -0.3 is 4.74 Å². The number of hydrogen-bond donors (Lipinski definition) is 0. The molecule has 0 fully saturated rings. The zero-order chi connectivity index (χ0) is 21.3. The Morgan fingerprint density at radius 2 is 1.83 bits per heavy atom. The van der Waals surface area contributed by atoms with Crippen LogP contribution >= 0.6 is 11.3 Å². The monoisotopic (exact) mass is 418 g/mol. The maximum absolute atomic E-state index is 13.4. The van der Waals surface area contributed by atoms with Gasteiger partial charge in [-0.1, -0.05) is 71.5 Å². The average Bonchev–Trinajstić information content (AvgIpc) is 3.03. The normalized spacial score (nSPS) is 16.2. The van der Waals surface area contributed by atoms with Crippen molar-refractivity contribution in [3.05, 3.63) is 102 Å². The number of allylic oxidation sites excluding steroid dienone is 1. The summed E-state index contributed by atoms with van der Waals surface area (Å²) >= 11 is 1.33. The molecule has 0 spiro atoms. The number of carbonyl (C=O) groups excluding carboxylic acids is 1. The predicted molar refractivity (Wildman–Crippen MR) is 118 cm³/mol. The number of hydrogen-bond acceptors (Lipinski definition) is 5. The van der Waals surface area contributed by atoms with E-state index in [-0.39, 0.29) is 12.2 Å². The van der Waals surface area contributed by atoms with Crippen LogP contribution in [0.4, 0.5) is 0 Å². The van der Waals surface area contributed by atoms with Gasteiger partial charge in [0.2, 0.25) is 0 Å². The molecule has 1 aromatic heterocycles. The summed E-state index contributed by atoms with van der Waals surface area (Å²) < 4.78 is 7.50. The fourth-order valence-electron chi connectivity index (χ4n) is 3.56. The number of aromatic nitrogens is 1. The first-order chi connectivity index (χ1) is 14.5. The zero-order valence-electron chi connectivity index (χ0n) is 17.1. The smallest absolute Gasteiger partial charge is 0.338 e. The molecular weight excluding hydrogens is 396 g/mol. The van der Waals surface area contributed by atoms with Crippen molar-refractivity contribution in [3.63, 3.8) is 0 Å². The van der Waals surface area contributed by atoms with Gasteiger partial charge in [-0.05, 0) is 38.0 Å². The molecule has 5 nitrogen and oxygen atoms in total. The van der Waals surface area contributed by atoms with E-state index in [2.05, 4.69) is 4.99 Å². The Balaban J connectivity index is 1.96. The highest BCUT2D eigenvalue weighted by Gasteiger charge is 2.33. The molecular formula is C24H22N2O3S. The molecule has 0 radical (unpaired) electrons. The molecule has 1 aliphatic heterocycles. The number of fused-ring (bicyclic) bond motifs is 1. The third-order valence-corrected chi connectivity index (χ3v) is 5.99. The first-order valence-electron chi connectivity index (χ1n) is 9.81. The van der Waals surface area contributed by atoms with Crippen molar-refractivity contribution in [2.45, 2.75) is 26.8 Å². The van der Waals surface area contributed by atoms with Crippen LogP contribution in [0.2, 0.25) is 0 Å². The van der Waals surface area contributed by atoms with Crippen molar-refractivity contribution in [2.75, 3.05) is 6.61 Å². The summed E-state index contributed by atoms with van der Waals surface area (Å²) in [4.78, 5) is 31.4. The van der Waals surface area contributed by atoms with Crippen molar-refractivity contribution in [2.24, 2.45) is 4.99 Å². The van der Waals surface area contributed by atoms with Gasteiger partial charge in [-0.3, -0.25) is 9.36 Å². The summed E-state index contributed by atoms with van der Waals surface area (Å²) in [7, 11) is 0. The lowest BCUT2D eigenvalue weighted by molar-refractivity contribution is -0.139. The molecule has 4 rings (SSSR count). The number of carbonyl (C=O) groups is 1. The van der Waals surface area contributed by atoms with Gasteiger partial charge in [0.05, 0.1) is 28.5 Å². The first kappa shape index (κ1) is 20.0. The van der Waals surface area contributed by atoms with E-state index in [1.807, 2.05) is 67.6 Å². The molecule has 0 unspecified atom stereocenters. The van der Waals surface area contributed by atoms with Gasteiger partial charge in [-0.2, -0.15) is 0 Å². The fourth-order valence-corrected chi connectivity index (χ4v) is 4.60. The summed E-state index contributed by atoms with van der Waals surface area (Å²) in [5.74, 6) is -0.443. The minimum atomic E-state index is -0.571. The molecule has 1 aliphatic rings. The molecule has 3 aromatic rings. The van der Waals surface area contributed by atoms with Crippen molar-refractivity contribution in [1.82, 2.24) is 4.57 Å². The van der Waals surface area contributed by atoms with Crippen LogP contribution in [0.25, 0.3) is 6.08 Å². The Morgan fingerprint density at radius 1 is 1.13 bits per heavy atom. The Hall–Kier alpha value is -3.25. The number of rotatable bonds is 4. The highest BCUT2D eigenvalue weighted by atomic mass is 32.1. The van der Waals surface area contributed by atoms with Crippen molar-refractivity contribution >= 4 is 23.4 Å². The van der Waals surface area contributed by atoms with E-state index >= 15 is 0 Å². The number of ether oxygens (including phenoxy) is 1. The SMILES string of the molecule is CCOC(=O)C1=C(C)N=c2sc(=Cc3ccccc3)c(=O)n2[C@H]1c1ccc(C)cc1. The van der Waals surface area contributed by atoms with Gasteiger partial charge in [-0.15, -0.1) is 0 Å². The minimum absolute atomic E-state index is 0.164. The minimum Gasteiger partial charge on any atom is -0.463 e. The van der Waals surface area contributed by atoms with Crippen molar-refractivity contribution < 1.29 is 9.53 Å². The lowest BCUT2D eigenvalue weighted by atomic mass is 9.95. The van der Waals surface area contributed by atoms with Gasteiger partial charge in [0, 0.05) is 0 Å². The molecule has 2 heterocycles. The van der Waals surface area contributed by atoms with E-state index in [0.717, 1.165) is 16.7 Å². The van der Waals surface area contributed by atoms with Gasteiger partial charge in [0.15, 0.2) is 4.80 Å². The maximum atomic E-state index is 13.4. The largest absolute Gasteiger partial charge is 0.463 e. The molecule has 0 saturated carbocycles. The molecule has 0 N–H and O–H groups in total. The van der Waals surface area contributed by atoms with E-state index in [9.17, 15) is 9.59 Å². The second-order valence-electron chi connectivity index (χ2n) is 7.12. The van der Waals surface area contributed by atoms with Gasteiger partial charge >= 0.3 is 5.97 Å². The summed E-state index contributed by atoms with van der Waals surface area (Å²) in [6.45, 7) is 5.82. The summed E-state index contributed by atoms with van der Waals surface area (Å²) in [6, 6.07) is 17.0. The molecule has 0 saturated heterocycles. The van der Waals surface area contributed by atoms with Gasteiger partial charge in [0.25, 0.3) is 5.56 Å². The Bertz CT molecular complexity index is 1300. The molecule has 0 amide bonds. The van der Waals surface area contributed by atoms with Crippen LogP contribution in [0.15, 0.2) is 75.7 Å². The second kappa shape index (κ2) is 8.24. The van der Waals surface area contributed by atoms with E-state index in [1.165, 1.54) is 11.3 Å². The molecule has 0 bridgehead atoms. The molecule has 2 aromatic carbocycles. The summed E-state index contributed by atoms with van der Waals surface area (Å²) in [5, 5.41) is 0. The molecule has 1 atom stereocenters. The fraction of sp³-hybridized carbons (Fsp3) is 0.208. The molecule has 6 heteroatoms. The number of thiazole rings is 1. The number of esters is 1. The predicted octanol–water partition coefficient (Wildman–Crippen LogP) is 3.11. The Kier molecular flexibility index (Phi) is 5.50. The van der Waals surface area contributed by atoms with Crippen LogP contribution in [0, 0.1) is 6.92 Å². The number of aryl methyl sites for hydroxylation is 1. The van der Waals surface area contributed by atoms with Gasteiger partial charge in [0.1, 0.15) is 0 Å². The maximum Gasteiger partial charge on any atom is 0.338 e. The van der Waals surface area contributed by atoms with Crippen LogP contribution < -0.4 is 14.9 Å². The quantitative estimate of drug-likeness (QED) is 0.612. The van der Waals surface area contributed by atoms with E-state index in [4.69, 9.17) is 4.74 Å². The van der Waals surface area contributed by atoms with E-state index in [0.29, 0.717) is 20.6 Å². The molecule has 152 valence electrons. The average molecular weight is 419 g/mol. The Labute approximate surface area is 178 Å². The third kappa shape index (κ3) is 3.66. The van der Waals surface area contributed by atoms with Crippen LogP contribution in [0.3, 0.4) is 0 Å².